The molecule has 3 rings (SSSR count). The van der Waals surface area contributed by atoms with Gasteiger partial charge in [-0.05, 0) is 19.1 Å². The molecule has 0 amide bonds. The smallest absolute Gasteiger partial charge is 0.255 e. The summed E-state index contributed by atoms with van der Waals surface area (Å²) in [6.45, 7) is 1.90. The molecule has 0 spiro atoms. The molecule has 2 heterocycles. The summed E-state index contributed by atoms with van der Waals surface area (Å²) in [6.07, 6.45) is 1.63. The lowest BCUT2D eigenvalue weighted by molar-refractivity contribution is 0.452. The molecule has 0 saturated heterocycles. The van der Waals surface area contributed by atoms with Gasteiger partial charge in [-0.15, -0.1) is 0 Å². The van der Waals surface area contributed by atoms with Gasteiger partial charge < -0.3 is 14.6 Å². The van der Waals surface area contributed by atoms with Gasteiger partial charge in [0.15, 0.2) is 0 Å². The van der Waals surface area contributed by atoms with E-state index in [1.807, 2.05) is 37.3 Å². The fourth-order valence-corrected chi connectivity index (χ4v) is 2.64. The SMILES string of the molecule is Cc1coc(SCC(N)c2cc3ccccc3o2)n1. The zero-order valence-electron chi connectivity index (χ0n) is 10.5. The van der Waals surface area contributed by atoms with E-state index in [9.17, 15) is 0 Å². The Kier molecular flexibility index (Phi) is 3.31. The molecule has 0 saturated carbocycles. The van der Waals surface area contributed by atoms with Crippen LogP contribution >= 0.6 is 11.8 Å². The first-order valence-electron chi connectivity index (χ1n) is 6.01. The highest BCUT2D eigenvalue weighted by Crippen LogP contribution is 2.27. The predicted octanol–water partition coefficient (Wildman–Crippen LogP) is 3.52. The van der Waals surface area contributed by atoms with Crippen LogP contribution in [0.3, 0.4) is 0 Å². The van der Waals surface area contributed by atoms with Crippen molar-refractivity contribution in [2.24, 2.45) is 5.73 Å². The summed E-state index contributed by atoms with van der Waals surface area (Å²) in [5.41, 5.74) is 7.87. The number of fused-ring (bicyclic) bond motifs is 1. The van der Waals surface area contributed by atoms with Crippen LogP contribution in [0, 0.1) is 6.92 Å². The van der Waals surface area contributed by atoms with Crippen molar-refractivity contribution in [1.82, 2.24) is 4.98 Å². The summed E-state index contributed by atoms with van der Waals surface area (Å²) in [5.74, 6) is 1.46. The number of para-hydroxylation sites is 1. The molecule has 98 valence electrons. The Balaban J connectivity index is 1.71. The van der Waals surface area contributed by atoms with Crippen LogP contribution in [0.25, 0.3) is 11.0 Å². The highest BCUT2D eigenvalue weighted by atomic mass is 32.2. The molecule has 1 unspecified atom stereocenters. The Morgan fingerprint density at radius 1 is 1.37 bits per heavy atom. The van der Waals surface area contributed by atoms with Gasteiger partial charge in [0.25, 0.3) is 5.22 Å². The van der Waals surface area contributed by atoms with Crippen LogP contribution in [0.4, 0.5) is 0 Å². The number of aromatic nitrogens is 1. The molecule has 1 aromatic carbocycles. The Morgan fingerprint density at radius 3 is 2.95 bits per heavy atom. The average molecular weight is 274 g/mol. The van der Waals surface area contributed by atoms with Gasteiger partial charge in [0.05, 0.1) is 11.7 Å². The molecular weight excluding hydrogens is 260 g/mol. The third kappa shape index (κ3) is 2.67. The Bertz CT molecular complexity index is 656. The molecule has 5 heteroatoms. The molecule has 0 aliphatic carbocycles. The second-order valence-corrected chi connectivity index (χ2v) is 5.33. The molecule has 0 aliphatic rings. The molecule has 3 aromatic rings. The van der Waals surface area contributed by atoms with Crippen LogP contribution in [-0.4, -0.2) is 10.7 Å². The molecule has 0 radical (unpaired) electrons. The molecule has 0 fully saturated rings. The minimum absolute atomic E-state index is 0.176. The van der Waals surface area contributed by atoms with E-state index in [0.717, 1.165) is 22.4 Å². The lowest BCUT2D eigenvalue weighted by Gasteiger charge is -2.05. The fourth-order valence-electron chi connectivity index (χ4n) is 1.83. The second-order valence-electron chi connectivity index (χ2n) is 4.36. The van der Waals surface area contributed by atoms with Crippen LogP contribution < -0.4 is 5.73 Å². The van der Waals surface area contributed by atoms with Gasteiger partial charge in [0.1, 0.15) is 17.6 Å². The summed E-state index contributed by atoms with van der Waals surface area (Å²) in [6, 6.07) is 9.70. The lowest BCUT2D eigenvalue weighted by atomic mass is 10.2. The topological polar surface area (TPSA) is 65.2 Å². The summed E-state index contributed by atoms with van der Waals surface area (Å²) >= 11 is 1.49. The number of benzene rings is 1. The Hall–Kier alpha value is -1.72. The number of rotatable bonds is 4. The summed E-state index contributed by atoms with van der Waals surface area (Å²) in [5, 5.41) is 1.72. The van der Waals surface area contributed by atoms with Gasteiger partial charge in [-0.2, -0.15) is 0 Å². The van der Waals surface area contributed by atoms with Crippen LogP contribution in [0.2, 0.25) is 0 Å². The number of aryl methyl sites for hydroxylation is 1. The molecule has 2 N–H and O–H groups in total. The van der Waals surface area contributed by atoms with Gasteiger partial charge in [-0.25, -0.2) is 4.98 Å². The molecule has 19 heavy (non-hydrogen) atoms. The molecule has 1 atom stereocenters. The van der Waals surface area contributed by atoms with Crippen molar-refractivity contribution in [3.63, 3.8) is 0 Å². The second kappa shape index (κ2) is 5.11. The van der Waals surface area contributed by atoms with Crippen molar-refractivity contribution in [3.05, 3.63) is 48.0 Å². The highest BCUT2D eigenvalue weighted by molar-refractivity contribution is 7.99. The van der Waals surface area contributed by atoms with Crippen LogP contribution in [0.1, 0.15) is 17.5 Å². The van der Waals surface area contributed by atoms with Crippen molar-refractivity contribution in [2.45, 2.75) is 18.2 Å². The number of nitrogens with zero attached hydrogens (tertiary/aromatic N) is 1. The van der Waals surface area contributed by atoms with E-state index in [0.29, 0.717) is 11.0 Å². The predicted molar refractivity (Wildman–Crippen MR) is 75.1 cm³/mol. The number of furan rings is 1. The summed E-state index contributed by atoms with van der Waals surface area (Å²) < 4.78 is 11.0. The van der Waals surface area contributed by atoms with Gasteiger partial charge >= 0.3 is 0 Å². The fraction of sp³-hybridized carbons (Fsp3) is 0.214. The van der Waals surface area contributed by atoms with Gasteiger partial charge in [-0.1, -0.05) is 30.0 Å². The van der Waals surface area contributed by atoms with Gasteiger partial charge in [0.2, 0.25) is 0 Å². The summed E-state index contributed by atoms with van der Waals surface area (Å²) in [7, 11) is 0. The number of hydrogen-bond donors (Lipinski definition) is 1. The minimum Gasteiger partial charge on any atom is -0.459 e. The normalized spacial score (nSPS) is 12.9. The number of hydrogen-bond acceptors (Lipinski definition) is 5. The minimum atomic E-state index is -0.176. The molecule has 0 aliphatic heterocycles. The van der Waals surface area contributed by atoms with E-state index in [-0.39, 0.29) is 6.04 Å². The number of thioether (sulfide) groups is 1. The van der Waals surface area contributed by atoms with Crippen molar-refractivity contribution in [3.8, 4) is 0 Å². The molecule has 2 aromatic heterocycles. The van der Waals surface area contributed by atoms with Gasteiger partial charge in [-0.3, -0.25) is 0 Å². The molecule has 4 nitrogen and oxygen atoms in total. The molecular formula is C14H14N2O2S. The van der Waals surface area contributed by atoms with Crippen molar-refractivity contribution >= 4 is 22.7 Å². The lowest BCUT2D eigenvalue weighted by Crippen LogP contribution is -2.11. The van der Waals surface area contributed by atoms with E-state index in [1.54, 1.807) is 6.26 Å². The standard InChI is InChI=1S/C14H14N2O2S/c1-9-7-17-14(16-9)19-8-11(15)13-6-10-4-2-3-5-12(10)18-13/h2-7,11H,8,15H2,1H3. The monoisotopic (exact) mass is 274 g/mol. The van der Waals surface area contributed by atoms with E-state index in [2.05, 4.69) is 4.98 Å². The highest BCUT2D eigenvalue weighted by Gasteiger charge is 2.13. The maximum Gasteiger partial charge on any atom is 0.255 e. The van der Waals surface area contributed by atoms with E-state index in [4.69, 9.17) is 14.6 Å². The van der Waals surface area contributed by atoms with E-state index < -0.39 is 0 Å². The van der Waals surface area contributed by atoms with Crippen molar-refractivity contribution < 1.29 is 8.83 Å². The maximum absolute atomic E-state index is 6.13. The zero-order valence-corrected chi connectivity index (χ0v) is 11.3. The van der Waals surface area contributed by atoms with Gasteiger partial charge in [0, 0.05) is 11.1 Å². The van der Waals surface area contributed by atoms with Crippen LogP contribution in [0.5, 0.6) is 0 Å². The van der Waals surface area contributed by atoms with E-state index in [1.165, 1.54) is 11.8 Å². The first kappa shape index (κ1) is 12.3. The first-order chi connectivity index (χ1) is 9.22. The largest absolute Gasteiger partial charge is 0.459 e. The maximum atomic E-state index is 6.13. The van der Waals surface area contributed by atoms with Crippen molar-refractivity contribution in [2.75, 3.05) is 5.75 Å². The zero-order chi connectivity index (χ0) is 13.2. The molecule has 0 bridgehead atoms. The average Bonchev–Trinajstić information content (AvgIpc) is 3.01. The Morgan fingerprint density at radius 2 is 2.21 bits per heavy atom. The van der Waals surface area contributed by atoms with Crippen molar-refractivity contribution in [1.29, 1.82) is 0 Å². The van der Waals surface area contributed by atoms with Crippen LogP contribution in [-0.2, 0) is 0 Å². The Labute approximate surface area is 115 Å². The summed E-state index contributed by atoms with van der Waals surface area (Å²) in [4.78, 5) is 4.23. The quantitative estimate of drug-likeness (QED) is 0.737. The number of nitrogens with two attached hydrogens (primary N) is 1. The third-order valence-electron chi connectivity index (χ3n) is 2.79. The third-order valence-corrected chi connectivity index (χ3v) is 3.75. The van der Waals surface area contributed by atoms with E-state index >= 15 is 0 Å². The number of oxazole rings is 1. The first-order valence-corrected chi connectivity index (χ1v) is 7.00. The van der Waals surface area contributed by atoms with Crippen LogP contribution in [0.15, 0.2) is 50.7 Å².